The van der Waals surface area contributed by atoms with Gasteiger partial charge in [-0.05, 0) is 44.1 Å². The van der Waals surface area contributed by atoms with Crippen molar-refractivity contribution in [2.24, 2.45) is 5.73 Å². The number of carboxylic acid groups (broad SMARTS) is 1. The summed E-state index contributed by atoms with van der Waals surface area (Å²) in [6.45, 7) is 8.03. The lowest BCUT2D eigenvalue weighted by Crippen LogP contribution is -2.41. The van der Waals surface area contributed by atoms with Crippen molar-refractivity contribution in [1.82, 2.24) is 19.5 Å². The molecule has 15 heteroatoms. The molecule has 42 heavy (non-hydrogen) atoms. The molecule has 1 aromatic carbocycles. The summed E-state index contributed by atoms with van der Waals surface area (Å²) in [7, 11) is -0.912. The van der Waals surface area contributed by atoms with Gasteiger partial charge >= 0.3 is 13.1 Å². The molecule has 2 saturated heterocycles. The lowest BCUT2D eigenvalue weighted by Gasteiger charge is -2.32. The molecule has 0 spiro atoms. The number of ether oxygens (including phenoxy) is 1. The Hall–Kier alpha value is -2.79. The van der Waals surface area contributed by atoms with E-state index in [9.17, 15) is 20.1 Å². The van der Waals surface area contributed by atoms with Crippen LogP contribution in [0.3, 0.4) is 0 Å². The number of hydrogen-bond acceptors (Lipinski definition) is 11. The van der Waals surface area contributed by atoms with Crippen molar-refractivity contribution in [3.63, 3.8) is 0 Å². The maximum absolute atomic E-state index is 11.4. The molecule has 6 atom stereocenters. The molecule has 2 fully saturated rings. The maximum Gasteiger partial charge on any atom is 0.494 e. The second-order valence-electron chi connectivity index (χ2n) is 11.8. The van der Waals surface area contributed by atoms with Crippen LogP contribution in [0, 0.1) is 0 Å². The number of rotatable bonds is 10. The van der Waals surface area contributed by atoms with Crippen LogP contribution < -0.4 is 16.9 Å². The third kappa shape index (κ3) is 6.00. The molecule has 3 aromatic rings. The Bertz CT molecular complexity index is 1410. The number of aliphatic hydroxyl groups is 2. The second-order valence-corrected chi connectivity index (χ2v) is 14.1. The predicted molar refractivity (Wildman–Crippen MR) is 159 cm³/mol. The van der Waals surface area contributed by atoms with Crippen molar-refractivity contribution < 1.29 is 34.2 Å². The van der Waals surface area contributed by atoms with Crippen LogP contribution >= 0.6 is 0 Å². The first-order valence-corrected chi connectivity index (χ1v) is 15.5. The number of aliphatic carboxylic acids is 1. The van der Waals surface area contributed by atoms with Crippen LogP contribution in [-0.4, -0.2) is 95.0 Å². The average Bonchev–Trinajstić information content (AvgIpc) is 3.55. The van der Waals surface area contributed by atoms with E-state index in [2.05, 4.69) is 15.0 Å². The minimum atomic E-state index is -1.24. The van der Waals surface area contributed by atoms with Gasteiger partial charge in [0.1, 0.15) is 53.5 Å². The summed E-state index contributed by atoms with van der Waals surface area (Å²) in [6, 6.07) is 6.95. The van der Waals surface area contributed by atoms with Crippen LogP contribution in [0.15, 0.2) is 36.9 Å². The quantitative estimate of drug-likeness (QED) is 0.153. The Morgan fingerprint density at radius 2 is 1.76 bits per heavy atom. The zero-order valence-corrected chi connectivity index (χ0v) is 24.9. The number of hydrogen-bond donors (Lipinski definition) is 5. The fraction of sp³-hybridized carbons (Fsp3) is 0.556. The number of imidazole rings is 1. The van der Waals surface area contributed by atoms with Crippen molar-refractivity contribution in [2.45, 2.75) is 81.7 Å². The first-order chi connectivity index (χ1) is 19.8. The molecular weight excluding hydrogens is 563 g/mol. The molecule has 2 aliphatic rings. The third-order valence-corrected chi connectivity index (χ3v) is 10.7. The standard InChI is InChI=1S/C27H37BN6O7S/c1-26(2)27(3,4)41-28(40-26)16-7-5-15(6-8-16)11-42(10-9-17(29)25(37)38)12-18-20(35)21(36)24(39-18)34-14-33-19-22(30)31-13-32-23(19)34/h5-8,13-14,17-18,20-21,24,35-36H,9-12,29H2,1-4H3,(H2-,30,31,32,37,38)/p+1/t17-,18+,20-,21?,24+,42?/m0/s1. The number of aromatic nitrogens is 4. The van der Waals surface area contributed by atoms with E-state index < -0.39 is 65.8 Å². The summed E-state index contributed by atoms with van der Waals surface area (Å²) in [6.07, 6.45) is -1.06. The van der Waals surface area contributed by atoms with Crippen molar-refractivity contribution >= 4 is 46.4 Å². The number of anilines is 1. The largest absolute Gasteiger partial charge is 0.494 e. The van der Waals surface area contributed by atoms with Crippen molar-refractivity contribution in [3.05, 3.63) is 42.5 Å². The van der Waals surface area contributed by atoms with Crippen LogP contribution in [-0.2, 0) is 35.5 Å². The van der Waals surface area contributed by atoms with Gasteiger partial charge in [-0.1, -0.05) is 24.3 Å². The van der Waals surface area contributed by atoms with Crippen LogP contribution in [0.5, 0.6) is 0 Å². The normalized spacial score (nSPS) is 26.5. The van der Waals surface area contributed by atoms with Gasteiger partial charge in [0.2, 0.25) is 0 Å². The summed E-state index contributed by atoms with van der Waals surface area (Å²) >= 11 is 0. The van der Waals surface area contributed by atoms with E-state index in [1.807, 2.05) is 52.0 Å². The molecule has 7 N–H and O–H groups in total. The molecule has 0 amide bonds. The molecule has 4 heterocycles. The number of aliphatic hydroxyl groups excluding tert-OH is 2. The third-order valence-electron chi connectivity index (χ3n) is 8.31. The van der Waals surface area contributed by atoms with Crippen LogP contribution in [0.1, 0.15) is 45.9 Å². The minimum absolute atomic E-state index is 0.198. The van der Waals surface area contributed by atoms with Gasteiger partial charge in [-0.25, -0.2) is 15.0 Å². The van der Waals surface area contributed by atoms with Gasteiger partial charge in [-0.3, -0.25) is 9.36 Å². The molecule has 5 rings (SSSR count). The van der Waals surface area contributed by atoms with E-state index in [4.69, 9.17) is 25.5 Å². The highest BCUT2D eigenvalue weighted by atomic mass is 32.2. The van der Waals surface area contributed by atoms with Crippen molar-refractivity contribution in [1.29, 1.82) is 0 Å². The Morgan fingerprint density at radius 3 is 2.40 bits per heavy atom. The Morgan fingerprint density at radius 1 is 1.10 bits per heavy atom. The van der Waals surface area contributed by atoms with Crippen LogP contribution in [0.4, 0.5) is 5.82 Å². The maximum atomic E-state index is 11.4. The summed E-state index contributed by atoms with van der Waals surface area (Å²) in [5.74, 6) is 0.651. The second kappa shape index (κ2) is 11.7. The van der Waals surface area contributed by atoms with E-state index in [1.54, 1.807) is 0 Å². The van der Waals surface area contributed by atoms with E-state index in [0.29, 0.717) is 28.4 Å². The number of fused-ring (bicyclic) bond motifs is 1. The molecule has 2 unspecified atom stereocenters. The Balaban J connectivity index is 1.31. The molecule has 2 aliphatic heterocycles. The molecular formula is C27H38BN6O7S+. The lowest BCUT2D eigenvalue weighted by molar-refractivity contribution is -0.138. The smallest absolute Gasteiger partial charge is 0.480 e. The molecule has 0 aliphatic carbocycles. The number of benzene rings is 1. The SMILES string of the molecule is CC1(C)OB(c2ccc(C[S+](CC[C@H](N)C(=O)O)C[C@H]3O[C@@H](n4cnc5c(N)ncnc54)C(O)[C@H]3O)cc2)OC1(C)C. The monoisotopic (exact) mass is 601 g/mol. The first kappa shape index (κ1) is 30.7. The van der Waals surface area contributed by atoms with Gasteiger partial charge in [-0.15, -0.1) is 0 Å². The lowest BCUT2D eigenvalue weighted by atomic mass is 9.79. The van der Waals surface area contributed by atoms with Gasteiger partial charge in [0.25, 0.3) is 0 Å². The van der Waals surface area contributed by atoms with E-state index >= 15 is 0 Å². The summed E-state index contributed by atoms with van der Waals surface area (Å²) in [5, 5.41) is 31.2. The van der Waals surface area contributed by atoms with Gasteiger partial charge in [-0.2, -0.15) is 0 Å². The predicted octanol–water partition coefficient (Wildman–Crippen LogP) is -0.0526. The fourth-order valence-corrected chi connectivity index (χ4v) is 7.42. The number of nitrogen functional groups attached to an aromatic ring is 1. The fourth-order valence-electron chi connectivity index (χ4n) is 5.00. The summed E-state index contributed by atoms with van der Waals surface area (Å²) in [5.41, 5.74) is 13.5. The van der Waals surface area contributed by atoms with Gasteiger partial charge < -0.3 is 40.8 Å². The average molecular weight is 602 g/mol. The molecule has 0 radical (unpaired) electrons. The van der Waals surface area contributed by atoms with Gasteiger partial charge in [0, 0.05) is 12.0 Å². The molecule has 226 valence electrons. The van der Waals surface area contributed by atoms with Crippen LogP contribution in [0.2, 0.25) is 0 Å². The number of carbonyl (C=O) groups is 1. The zero-order chi connectivity index (χ0) is 30.4. The summed E-state index contributed by atoms with van der Waals surface area (Å²) < 4.78 is 20.0. The topological polar surface area (TPSA) is 201 Å². The van der Waals surface area contributed by atoms with Gasteiger partial charge in [0.05, 0.1) is 17.5 Å². The highest BCUT2D eigenvalue weighted by Gasteiger charge is 2.52. The number of nitrogens with two attached hydrogens (primary N) is 2. The van der Waals surface area contributed by atoms with Crippen LogP contribution in [0.25, 0.3) is 11.2 Å². The molecule has 2 aromatic heterocycles. The van der Waals surface area contributed by atoms with E-state index in [0.717, 1.165) is 11.0 Å². The molecule has 13 nitrogen and oxygen atoms in total. The summed E-state index contributed by atoms with van der Waals surface area (Å²) in [4.78, 5) is 23.8. The highest BCUT2D eigenvalue weighted by molar-refractivity contribution is 7.96. The zero-order valence-electron chi connectivity index (χ0n) is 24.1. The molecule has 0 bridgehead atoms. The molecule has 0 saturated carbocycles. The first-order valence-electron chi connectivity index (χ1n) is 13.8. The van der Waals surface area contributed by atoms with Gasteiger partial charge in [0.15, 0.2) is 17.7 Å². The van der Waals surface area contributed by atoms with Crippen molar-refractivity contribution in [3.8, 4) is 0 Å². The number of nitrogens with zero attached hydrogens (tertiary/aromatic N) is 4. The highest BCUT2D eigenvalue weighted by Crippen LogP contribution is 2.37. The Kier molecular flexibility index (Phi) is 8.55. The minimum Gasteiger partial charge on any atom is -0.480 e. The van der Waals surface area contributed by atoms with E-state index in [-0.39, 0.29) is 12.2 Å². The van der Waals surface area contributed by atoms with E-state index in [1.165, 1.54) is 17.2 Å². The number of carboxylic acids is 1. The Labute approximate surface area is 247 Å². The van der Waals surface area contributed by atoms with Crippen molar-refractivity contribution in [2.75, 3.05) is 17.2 Å².